The zero-order chi connectivity index (χ0) is 17.1. The molecule has 0 aromatic heterocycles. The summed E-state index contributed by atoms with van der Waals surface area (Å²) >= 11 is 0. The molecule has 0 unspecified atom stereocenters. The normalized spacial score (nSPS) is 26.5. The zero-order valence-corrected chi connectivity index (χ0v) is 14.9. The maximum absolute atomic E-state index is 2.74. The highest BCUT2D eigenvalue weighted by atomic mass is 15.3. The second kappa shape index (κ2) is 5.06. The van der Waals surface area contributed by atoms with Crippen LogP contribution in [0.1, 0.15) is 48.1 Å². The van der Waals surface area contributed by atoms with Gasteiger partial charge in [0.1, 0.15) is 0 Å². The van der Waals surface area contributed by atoms with Gasteiger partial charge in [-0.2, -0.15) is 0 Å². The first-order valence-electron chi connectivity index (χ1n) is 9.24. The van der Waals surface area contributed by atoms with Gasteiger partial charge in [0.15, 0.2) is 0 Å². The molecule has 2 heterocycles. The van der Waals surface area contributed by atoms with Gasteiger partial charge in [-0.15, -0.1) is 0 Å². The Balaban J connectivity index is 1.79. The average Bonchev–Trinajstić information content (AvgIpc) is 3.02. The van der Waals surface area contributed by atoms with Crippen LogP contribution in [-0.2, 0) is 17.6 Å². The fourth-order valence-corrected chi connectivity index (χ4v) is 5.42. The van der Waals surface area contributed by atoms with Crippen molar-refractivity contribution in [2.24, 2.45) is 0 Å². The molecule has 5 rings (SSSR count). The monoisotopic (exact) mass is 325 g/mol. The molecule has 0 atom stereocenters. The molecule has 0 aliphatic carbocycles. The van der Waals surface area contributed by atoms with Gasteiger partial charge in [0.05, 0.1) is 11.1 Å². The third-order valence-electron chi connectivity index (χ3n) is 6.49. The molecule has 25 heavy (non-hydrogen) atoms. The van der Waals surface area contributed by atoms with Gasteiger partial charge < -0.3 is 0 Å². The lowest BCUT2D eigenvalue weighted by Crippen LogP contribution is -2.43. The van der Waals surface area contributed by atoms with Gasteiger partial charge >= 0.3 is 0 Å². The average molecular weight is 325 g/mol. The van der Waals surface area contributed by atoms with Crippen LogP contribution in [0.15, 0.2) is 78.9 Å². The minimum Gasteiger partial charge on any atom is -0.272 e. The van der Waals surface area contributed by atoms with E-state index in [1.165, 1.54) is 27.8 Å². The summed E-state index contributed by atoms with van der Waals surface area (Å²) < 4.78 is 0. The van der Waals surface area contributed by atoms with Gasteiger partial charge in [-0.05, 0) is 41.2 Å². The van der Waals surface area contributed by atoms with E-state index in [4.69, 9.17) is 0 Å². The molecule has 3 aromatic carbocycles. The van der Waals surface area contributed by atoms with Crippen molar-refractivity contribution >= 4 is 0 Å². The third kappa shape index (κ3) is 1.67. The van der Waals surface area contributed by atoms with Crippen LogP contribution < -0.4 is 0 Å². The number of fused-ring (bicyclic) bond motifs is 8. The van der Waals surface area contributed by atoms with E-state index in [2.05, 4.69) is 97.6 Å². The second-order valence-electron chi connectivity index (χ2n) is 7.45. The van der Waals surface area contributed by atoms with Crippen molar-refractivity contribution in [3.05, 3.63) is 107 Å². The number of hydrogen-bond donors (Lipinski definition) is 0. The summed E-state index contributed by atoms with van der Waals surface area (Å²) in [7, 11) is 0. The molecule has 0 spiro atoms. The predicted molar refractivity (Wildman–Crippen MR) is 102 cm³/mol. The van der Waals surface area contributed by atoms with Crippen molar-refractivity contribution in [1.82, 2.24) is 4.90 Å². The fraction of sp³-hybridized carbons (Fsp3) is 0.250. The van der Waals surface area contributed by atoms with E-state index in [-0.39, 0.29) is 11.1 Å². The molecule has 0 saturated heterocycles. The molecule has 1 nitrogen and oxygen atoms in total. The Kier molecular flexibility index (Phi) is 3.02. The summed E-state index contributed by atoms with van der Waals surface area (Å²) in [6.45, 7) is 5.72. The smallest absolute Gasteiger partial charge is 0.0732 e. The lowest BCUT2D eigenvalue weighted by Gasteiger charge is -2.38. The summed E-state index contributed by atoms with van der Waals surface area (Å²) in [5, 5.41) is 0. The van der Waals surface area contributed by atoms with E-state index < -0.39 is 0 Å². The van der Waals surface area contributed by atoms with Crippen molar-refractivity contribution in [2.75, 3.05) is 0 Å². The summed E-state index contributed by atoms with van der Waals surface area (Å²) in [5.41, 5.74) is 7.26. The van der Waals surface area contributed by atoms with Crippen LogP contribution in [0.5, 0.6) is 0 Å². The van der Waals surface area contributed by atoms with E-state index in [0.717, 1.165) is 13.0 Å². The van der Waals surface area contributed by atoms with Crippen LogP contribution in [0.4, 0.5) is 0 Å². The maximum Gasteiger partial charge on any atom is 0.0732 e. The molecule has 0 radical (unpaired) electrons. The molecular formula is C24H23N. The Bertz CT molecular complexity index is 894. The lowest BCUT2D eigenvalue weighted by atomic mass is 9.72. The highest BCUT2D eigenvalue weighted by molar-refractivity contribution is 5.64. The first kappa shape index (κ1) is 14.9. The molecule has 0 amide bonds. The van der Waals surface area contributed by atoms with E-state index >= 15 is 0 Å². The molecule has 124 valence electrons. The van der Waals surface area contributed by atoms with E-state index in [1.54, 1.807) is 0 Å². The largest absolute Gasteiger partial charge is 0.272 e. The molecular weight excluding hydrogens is 302 g/mol. The van der Waals surface area contributed by atoms with E-state index in [9.17, 15) is 0 Å². The van der Waals surface area contributed by atoms with Gasteiger partial charge in [0.25, 0.3) is 0 Å². The maximum atomic E-state index is 2.74. The predicted octanol–water partition coefficient (Wildman–Crippen LogP) is 5.43. The Morgan fingerprint density at radius 1 is 0.680 bits per heavy atom. The van der Waals surface area contributed by atoms with Crippen LogP contribution in [0.3, 0.4) is 0 Å². The first-order chi connectivity index (χ1) is 12.2. The van der Waals surface area contributed by atoms with Crippen LogP contribution >= 0.6 is 0 Å². The quantitative estimate of drug-likeness (QED) is 0.620. The topological polar surface area (TPSA) is 3.24 Å². The minimum atomic E-state index is -0.0565. The number of hydrogen-bond acceptors (Lipinski definition) is 1. The molecule has 0 N–H and O–H groups in total. The SMILES string of the molecule is CCC12c3ccccc3C(C)(c3ccccc31)N2Cc1ccccc1. The zero-order valence-electron chi connectivity index (χ0n) is 14.9. The van der Waals surface area contributed by atoms with E-state index in [0.29, 0.717) is 0 Å². The summed E-state index contributed by atoms with van der Waals surface area (Å²) in [6.07, 6.45) is 1.09. The number of rotatable bonds is 3. The van der Waals surface area contributed by atoms with Crippen molar-refractivity contribution in [3.8, 4) is 0 Å². The molecule has 3 aromatic rings. The van der Waals surface area contributed by atoms with Crippen molar-refractivity contribution in [1.29, 1.82) is 0 Å². The molecule has 0 saturated carbocycles. The van der Waals surface area contributed by atoms with Gasteiger partial charge in [0.2, 0.25) is 0 Å². The van der Waals surface area contributed by atoms with Gasteiger partial charge in [-0.3, -0.25) is 4.90 Å². The highest BCUT2D eigenvalue weighted by Gasteiger charge is 2.63. The first-order valence-corrected chi connectivity index (χ1v) is 9.24. The Morgan fingerprint density at radius 2 is 1.16 bits per heavy atom. The minimum absolute atomic E-state index is 0.0161. The lowest BCUT2D eigenvalue weighted by molar-refractivity contribution is 0.0733. The van der Waals surface area contributed by atoms with Crippen molar-refractivity contribution in [2.45, 2.75) is 37.9 Å². The number of nitrogens with zero attached hydrogens (tertiary/aromatic N) is 1. The van der Waals surface area contributed by atoms with Crippen LogP contribution in [0.2, 0.25) is 0 Å². The third-order valence-corrected chi connectivity index (χ3v) is 6.49. The second-order valence-corrected chi connectivity index (χ2v) is 7.45. The van der Waals surface area contributed by atoms with Gasteiger partial charge in [-0.1, -0.05) is 85.8 Å². The Morgan fingerprint density at radius 3 is 1.68 bits per heavy atom. The highest BCUT2D eigenvalue weighted by Crippen LogP contribution is 2.64. The molecule has 1 heteroatoms. The molecule has 2 aliphatic rings. The van der Waals surface area contributed by atoms with Crippen LogP contribution in [-0.4, -0.2) is 4.90 Å². The Hall–Kier alpha value is -2.38. The van der Waals surface area contributed by atoms with Crippen LogP contribution in [0, 0.1) is 0 Å². The Labute approximate surface area is 149 Å². The van der Waals surface area contributed by atoms with Crippen molar-refractivity contribution < 1.29 is 0 Å². The number of benzene rings is 3. The molecule has 2 bridgehead atoms. The van der Waals surface area contributed by atoms with Gasteiger partial charge in [0, 0.05) is 6.54 Å². The van der Waals surface area contributed by atoms with Crippen molar-refractivity contribution in [3.63, 3.8) is 0 Å². The van der Waals surface area contributed by atoms with E-state index in [1.807, 2.05) is 0 Å². The molecule has 0 fully saturated rings. The standard InChI is InChI=1S/C24H23N/c1-3-24-21-15-9-7-13-19(21)23(2,20-14-8-10-16-22(20)24)25(24)17-18-11-5-4-6-12-18/h4-16H,3,17H2,1-2H3. The van der Waals surface area contributed by atoms with Gasteiger partial charge in [-0.25, -0.2) is 0 Å². The fourth-order valence-electron chi connectivity index (χ4n) is 5.42. The summed E-state index contributed by atoms with van der Waals surface area (Å²) in [6, 6.07) is 29.0. The van der Waals surface area contributed by atoms with Crippen LogP contribution in [0.25, 0.3) is 0 Å². The summed E-state index contributed by atoms with van der Waals surface area (Å²) in [5.74, 6) is 0. The summed E-state index contributed by atoms with van der Waals surface area (Å²) in [4.78, 5) is 2.74. The molecule has 2 aliphatic heterocycles.